The van der Waals surface area contributed by atoms with Crippen molar-refractivity contribution in [1.82, 2.24) is 4.98 Å². The molecule has 1 aromatic carbocycles. The Morgan fingerprint density at radius 1 is 1.30 bits per heavy atom. The van der Waals surface area contributed by atoms with Crippen molar-refractivity contribution in [2.45, 2.75) is 6.92 Å². The molecule has 0 saturated carbocycles. The number of hydrogen-bond acceptors (Lipinski definition) is 3. The minimum Gasteiger partial charge on any atom is -0.478 e. The summed E-state index contributed by atoms with van der Waals surface area (Å²) < 4.78 is 17.9. The summed E-state index contributed by atoms with van der Waals surface area (Å²) in [6, 6.07) is 6.67. The quantitative estimate of drug-likeness (QED) is 0.895. The molecule has 0 saturated heterocycles. The Balaban J connectivity index is 1.96. The lowest BCUT2D eigenvalue weighted by atomic mass is 10.3. The van der Waals surface area contributed by atoms with Gasteiger partial charge in [-0.25, -0.2) is 4.39 Å². The molecule has 0 spiro atoms. The van der Waals surface area contributed by atoms with Crippen molar-refractivity contribution in [1.29, 1.82) is 0 Å². The van der Waals surface area contributed by atoms with Gasteiger partial charge in [0.25, 0.3) is 5.91 Å². The summed E-state index contributed by atoms with van der Waals surface area (Å²) in [6.07, 6.45) is 1.50. The predicted octanol–water partition coefficient (Wildman–Crippen LogP) is 1.84. The summed E-state index contributed by atoms with van der Waals surface area (Å²) >= 11 is 0. The van der Waals surface area contributed by atoms with Gasteiger partial charge in [0, 0.05) is 18.0 Å². The van der Waals surface area contributed by atoms with Gasteiger partial charge in [-0.15, -0.1) is 0 Å². The average molecular weight is 276 g/mol. The molecular formula is C14H13FN2O3. The first kappa shape index (κ1) is 13.8. The first-order valence-electron chi connectivity index (χ1n) is 5.93. The molecule has 20 heavy (non-hydrogen) atoms. The first-order chi connectivity index (χ1) is 9.56. The van der Waals surface area contributed by atoms with E-state index in [2.05, 4.69) is 10.3 Å². The lowest BCUT2D eigenvalue weighted by Gasteiger charge is -2.08. The number of nitrogens with one attached hydrogen (secondary N) is 2. The number of aromatic nitrogens is 1. The van der Waals surface area contributed by atoms with E-state index in [0.717, 1.165) is 0 Å². The van der Waals surface area contributed by atoms with Crippen molar-refractivity contribution < 1.29 is 13.9 Å². The van der Waals surface area contributed by atoms with Crippen molar-refractivity contribution >= 4 is 11.6 Å². The maximum atomic E-state index is 12.7. The lowest BCUT2D eigenvalue weighted by Crippen LogP contribution is -2.22. The van der Waals surface area contributed by atoms with Crippen molar-refractivity contribution in [3.05, 3.63) is 58.3 Å². The van der Waals surface area contributed by atoms with Crippen molar-refractivity contribution in [2.24, 2.45) is 0 Å². The van der Waals surface area contributed by atoms with Crippen LogP contribution in [0, 0.1) is 12.7 Å². The molecule has 2 rings (SSSR count). The van der Waals surface area contributed by atoms with Crippen LogP contribution in [0.25, 0.3) is 0 Å². The maximum absolute atomic E-state index is 12.7. The van der Waals surface area contributed by atoms with Gasteiger partial charge in [0.05, 0.1) is 5.69 Å². The fraction of sp³-hybridized carbons (Fsp3) is 0.143. The van der Waals surface area contributed by atoms with E-state index in [1.165, 1.54) is 36.5 Å². The number of hydrogen-bond donors (Lipinski definition) is 2. The zero-order valence-corrected chi connectivity index (χ0v) is 10.8. The Hall–Kier alpha value is -2.63. The minimum atomic E-state index is -0.431. The van der Waals surface area contributed by atoms with Crippen LogP contribution < -0.4 is 15.5 Å². The van der Waals surface area contributed by atoms with E-state index in [1.54, 1.807) is 6.92 Å². The highest BCUT2D eigenvalue weighted by molar-refractivity contribution is 5.91. The second-order valence-corrected chi connectivity index (χ2v) is 4.14. The summed E-state index contributed by atoms with van der Waals surface area (Å²) in [5.41, 5.74) is 0.710. The number of pyridine rings is 1. The second-order valence-electron chi connectivity index (χ2n) is 4.14. The number of aromatic amines is 1. The van der Waals surface area contributed by atoms with Crippen molar-refractivity contribution in [3.8, 4) is 5.75 Å². The zero-order valence-electron chi connectivity index (χ0n) is 10.8. The summed E-state index contributed by atoms with van der Waals surface area (Å²) in [6.45, 7) is 1.37. The van der Waals surface area contributed by atoms with Gasteiger partial charge >= 0.3 is 0 Å². The molecule has 0 aliphatic rings. The Kier molecular flexibility index (Phi) is 4.14. The summed E-state index contributed by atoms with van der Waals surface area (Å²) in [7, 11) is 0. The van der Waals surface area contributed by atoms with Crippen LogP contribution in [0.3, 0.4) is 0 Å². The number of carbonyl (C=O) groups is 1. The molecule has 2 aromatic rings. The van der Waals surface area contributed by atoms with Crippen LogP contribution in [0.2, 0.25) is 0 Å². The zero-order chi connectivity index (χ0) is 14.5. The van der Waals surface area contributed by atoms with Crippen LogP contribution >= 0.6 is 0 Å². The first-order valence-corrected chi connectivity index (χ1v) is 5.93. The number of carbonyl (C=O) groups excluding carboxylic acids is 1. The predicted molar refractivity (Wildman–Crippen MR) is 72.3 cm³/mol. The average Bonchev–Trinajstić information content (AvgIpc) is 2.41. The Labute approximate surface area is 114 Å². The SMILES string of the molecule is Cc1[nH]ccc(=O)c1OCC(=O)Nc1ccc(F)cc1. The molecule has 0 aliphatic heterocycles. The van der Waals surface area contributed by atoms with Gasteiger partial charge in [-0.3, -0.25) is 9.59 Å². The largest absolute Gasteiger partial charge is 0.478 e. The number of rotatable bonds is 4. The highest BCUT2D eigenvalue weighted by Gasteiger charge is 2.08. The highest BCUT2D eigenvalue weighted by atomic mass is 19.1. The van der Waals surface area contributed by atoms with E-state index in [1.807, 2.05) is 0 Å². The normalized spacial score (nSPS) is 10.1. The fourth-order valence-electron chi connectivity index (χ4n) is 1.62. The monoisotopic (exact) mass is 276 g/mol. The van der Waals surface area contributed by atoms with E-state index in [9.17, 15) is 14.0 Å². The van der Waals surface area contributed by atoms with Gasteiger partial charge in [0.15, 0.2) is 12.4 Å². The van der Waals surface area contributed by atoms with E-state index < -0.39 is 5.91 Å². The third kappa shape index (κ3) is 3.44. The summed E-state index contributed by atoms with van der Waals surface area (Å²) in [5, 5.41) is 2.54. The molecule has 0 bridgehead atoms. The number of benzene rings is 1. The molecule has 0 fully saturated rings. The number of aryl methyl sites for hydroxylation is 1. The molecule has 104 valence electrons. The Bertz CT molecular complexity index is 665. The van der Waals surface area contributed by atoms with Crippen molar-refractivity contribution in [2.75, 3.05) is 11.9 Å². The molecule has 0 radical (unpaired) electrons. The number of anilines is 1. The van der Waals surface area contributed by atoms with Crippen LogP contribution in [-0.2, 0) is 4.79 Å². The van der Waals surface area contributed by atoms with Crippen LogP contribution in [0.4, 0.5) is 10.1 Å². The third-order valence-corrected chi connectivity index (χ3v) is 2.57. The molecule has 1 amide bonds. The molecule has 0 atom stereocenters. The Morgan fingerprint density at radius 2 is 2.00 bits per heavy atom. The summed E-state index contributed by atoms with van der Waals surface area (Å²) in [5.74, 6) is -0.702. The fourth-order valence-corrected chi connectivity index (χ4v) is 1.62. The number of amides is 1. The van der Waals surface area contributed by atoms with Gasteiger partial charge in [-0.05, 0) is 31.2 Å². The van der Waals surface area contributed by atoms with Crippen LogP contribution in [0.1, 0.15) is 5.69 Å². The van der Waals surface area contributed by atoms with E-state index in [4.69, 9.17) is 4.74 Å². The molecule has 2 N–H and O–H groups in total. The van der Waals surface area contributed by atoms with Crippen LogP contribution in [0.15, 0.2) is 41.3 Å². The van der Waals surface area contributed by atoms with Gasteiger partial charge in [-0.1, -0.05) is 0 Å². The number of H-pyrrole nitrogens is 1. The molecule has 0 aliphatic carbocycles. The maximum Gasteiger partial charge on any atom is 0.262 e. The van der Waals surface area contributed by atoms with Gasteiger partial charge in [0.2, 0.25) is 5.43 Å². The minimum absolute atomic E-state index is 0.113. The molecule has 5 nitrogen and oxygen atoms in total. The van der Waals surface area contributed by atoms with Gasteiger partial charge < -0.3 is 15.0 Å². The van der Waals surface area contributed by atoms with Crippen LogP contribution in [0.5, 0.6) is 5.75 Å². The van der Waals surface area contributed by atoms with E-state index in [-0.39, 0.29) is 23.6 Å². The molecule has 1 aromatic heterocycles. The van der Waals surface area contributed by atoms with E-state index >= 15 is 0 Å². The van der Waals surface area contributed by atoms with Crippen molar-refractivity contribution in [3.63, 3.8) is 0 Å². The topological polar surface area (TPSA) is 71.2 Å². The highest BCUT2D eigenvalue weighted by Crippen LogP contribution is 2.09. The lowest BCUT2D eigenvalue weighted by molar-refractivity contribution is -0.118. The van der Waals surface area contributed by atoms with E-state index in [0.29, 0.717) is 11.4 Å². The smallest absolute Gasteiger partial charge is 0.262 e. The molecule has 6 heteroatoms. The number of ether oxygens (including phenoxy) is 1. The second kappa shape index (κ2) is 6.01. The van der Waals surface area contributed by atoms with Gasteiger partial charge in [0.1, 0.15) is 5.82 Å². The third-order valence-electron chi connectivity index (χ3n) is 2.57. The standard InChI is InChI=1S/C14H13FN2O3/c1-9-14(12(18)6-7-16-9)20-8-13(19)17-11-4-2-10(15)3-5-11/h2-7H,8H2,1H3,(H,16,18)(H,17,19). The summed E-state index contributed by atoms with van der Waals surface area (Å²) in [4.78, 5) is 26.0. The van der Waals surface area contributed by atoms with Crippen LogP contribution in [-0.4, -0.2) is 17.5 Å². The molecule has 1 heterocycles. The molecular weight excluding hydrogens is 263 g/mol. The van der Waals surface area contributed by atoms with Gasteiger partial charge in [-0.2, -0.15) is 0 Å². The Morgan fingerprint density at radius 3 is 2.65 bits per heavy atom. The number of halogens is 1. The molecule has 0 unspecified atom stereocenters.